The van der Waals surface area contributed by atoms with Crippen molar-refractivity contribution < 1.29 is 24.8 Å². The van der Waals surface area contributed by atoms with Crippen LogP contribution in [-0.2, 0) is 9.47 Å². The molecule has 1 fully saturated rings. The molecular formula is C9H18O5. The van der Waals surface area contributed by atoms with Crippen molar-refractivity contribution in [3.63, 3.8) is 0 Å². The number of hydrogen-bond acceptors (Lipinski definition) is 5. The van der Waals surface area contributed by atoms with Gasteiger partial charge in [0, 0.05) is 7.11 Å². The first-order valence-corrected chi connectivity index (χ1v) is 4.49. The molecule has 5 heteroatoms. The molecule has 0 aromatic heterocycles. The highest BCUT2D eigenvalue weighted by Crippen LogP contribution is 2.46. The van der Waals surface area contributed by atoms with Gasteiger partial charge in [-0.3, -0.25) is 0 Å². The topological polar surface area (TPSA) is 79.2 Å². The van der Waals surface area contributed by atoms with Crippen molar-refractivity contribution in [3.8, 4) is 0 Å². The molecule has 5 nitrogen and oxygen atoms in total. The third-order valence-corrected chi connectivity index (χ3v) is 3.36. The van der Waals surface area contributed by atoms with E-state index < -0.39 is 29.7 Å². The standard InChI is InChI=1S/C9H18O5/c1-7(5-10)9(3,12)8(2,11)6(13-4)14-7/h6,10-12H,5H2,1-4H3. The van der Waals surface area contributed by atoms with Gasteiger partial charge >= 0.3 is 0 Å². The zero-order valence-corrected chi connectivity index (χ0v) is 8.94. The normalized spacial score (nSPS) is 53.8. The molecule has 0 saturated carbocycles. The van der Waals surface area contributed by atoms with Gasteiger partial charge in [0.15, 0.2) is 6.29 Å². The highest BCUT2D eigenvalue weighted by atomic mass is 16.7. The van der Waals surface area contributed by atoms with Crippen molar-refractivity contribution in [3.05, 3.63) is 0 Å². The van der Waals surface area contributed by atoms with E-state index in [1.165, 1.54) is 27.9 Å². The fraction of sp³-hybridized carbons (Fsp3) is 1.00. The minimum atomic E-state index is -1.57. The van der Waals surface area contributed by atoms with Crippen LogP contribution in [0, 0.1) is 0 Å². The lowest BCUT2D eigenvalue weighted by molar-refractivity contribution is -0.201. The quantitative estimate of drug-likeness (QED) is 0.553. The molecule has 1 aliphatic heterocycles. The highest BCUT2D eigenvalue weighted by Gasteiger charge is 2.67. The summed E-state index contributed by atoms with van der Waals surface area (Å²) in [7, 11) is 1.37. The summed E-state index contributed by atoms with van der Waals surface area (Å²) in [6.07, 6.45) is -0.949. The maximum absolute atomic E-state index is 10.1. The Bertz CT molecular complexity index is 218. The molecular weight excluding hydrogens is 188 g/mol. The molecule has 84 valence electrons. The van der Waals surface area contributed by atoms with Gasteiger partial charge in [0.2, 0.25) is 0 Å². The first kappa shape index (κ1) is 11.9. The van der Waals surface area contributed by atoms with E-state index in [4.69, 9.17) is 14.6 Å². The average Bonchev–Trinajstić information content (AvgIpc) is 2.24. The van der Waals surface area contributed by atoms with Crippen LogP contribution in [-0.4, -0.2) is 52.1 Å². The number of hydrogen-bond donors (Lipinski definition) is 3. The molecule has 14 heavy (non-hydrogen) atoms. The fourth-order valence-electron chi connectivity index (χ4n) is 1.70. The van der Waals surface area contributed by atoms with Crippen molar-refractivity contribution in [2.45, 2.75) is 43.9 Å². The third-order valence-electron chi connectivity index (χ3n) is 3.36. The summed E-state index contributed by atoms with van der Waals surface area (Å²) in [6.45, 7) is 3.97. The monoisotopic (exact) mass is 206 g/mol. The molecule has 0 aliphatic carbocycles. The Kier molecular flexibility index (Phi) is 2.67. The number of aliphatic hydroxyl groups excluding tert-OH is 1. The lowest BCUT2D eigenvalue weighted by atomic mass is 9.77. The molecule has 0 bridgehead atoms. The van der Waals surface area contributed by atoms with Crippen LogP contribution in [0.3, 0.4) is 0 Å². The largest absolute Gasteiger partial charge is 0.393 e. The Morgan fingerprint density at radius 1 is 1.29 bits per heavy atom. The first-order chi connectivity index (χ1) is 6.23. The molecule has 4 atom stereocenters. The van der Waals surface area contributed by atoms with Crippen LogP contribution < -0.4 is 0 Å². The minimum absolute atomic E-state index is 0.393. The molecule has 1 saturated heterocycles. The average molecular weight is 206 g/mol. The zero-order chi connectivity index (χ0) is 11.2. The van der Waals surface area contributed by atoms with Gasteiger partial charge in [-0.25, -0.2) is 0 Å². The summed E-state index contributed by atoms with van der Waals surface area (Å²) in [5.41, 5.74) is -4.36. The summed E-state index contributed by atoms with van der Waals surface area (Å²) >= 11 is 0. The Balaban J connectivity index is 3.11. The van der Waals surface area contributed by atoms with Gasteiger partial charge in [0.1, 0.15) is 16.8 Å². The van der Waals surface area contributed by atoms with Crippen LogP contribution in [0.15, 0.2) is 0 Å². The second kappa shape index (κ2) is 3.15. The van der Waals surface area contributed by atoms with Crippen molar-refractivity contribution >= 4 is 0 Å². The summed E-state index contributed by atoms with van der Waals surface area (Å²) in [5.74, 6) is 0. The van der Waals surface area contributed by atoms with E-state index in [1.807, 2.05) is 0 Å². The van der Waals surface area contributed by atoms with Crippen LogP contribution in [0.5, 0.6) is 0 Å². The van der Waals surface area contributed by atoms with Crippen LogP contribution in [0.25, 0.3) is 0 Å². The molecule has 4 unspecified atom stereocenters. The van der Waals surface area contributed by atoms with Crippen LogP contribution in [0.1, 0.15) is 20.8 Å². The van der Waals surface area contributed by atoms with Gasteiger partial charge in [-0.05, 0) is 20.8 Å². The summed E-state index contributed by atoms with van der Waals surface area (Å²) < 4.78 is 10.2. The molecule has 1 heterocycles. The molecule has 0 amide bonds. The predicted molar refractivity (Wildman–Crippen MR) is 48.6 cm³/mol. The van der Waals surface area contributed by atoms with Gasteiger partial charge in [-0.1, -0.05) is 0 Å². The van der Waals surface area contributed by atoms with Gasteiger partial charge in [0.05, 0.1) is 6.61 Å². The second-order valence-corrected chi connectivity index (χ2v) is 4.29. The van der Waals surface area contributed by atoms with E-state index in [-0.39, 0.29) is 0 Å². The zero-order valence-electron chi connectivity index (χ0n) is 8.94. The maximum atomic E-state index is 10.1. The summed E-state index contributed by atoms with van der Waals surface area (Å²) in [5, 5.41) is 29.3. The lowest BCUT2D eigenvalue weighted by Crippen LogP contribution is -2.60. The Morgan fingerprint density at radius 3 is 2.00 bits per heavy atom. The Hall–Kier alpha value is -0.200. The van der Waals surface area contributed by atoms with Crippen LogP contribution >= 0.6 is 0 Å². The SMILES string of the molecule is COC1OC(C)(CO)C(C)(O)C1(C)O. The molecule has 1 aliphatic rings. The molecule has 1 rings (SSSR count). The second-order valence-electron chi connectivity index (χ2n) is 4.29. The Labute approximate surface area is 83.3 Å². The van der Waals surface area contributed by atoms with Gasteiger partial charge in [0.25, 0.3) is 0 Å². The Morgan fingerprint density at radius 2 is 1.79 bits per heavy atom. The molecule has 0 aromatic carbocycles. The van der Waals surface area contributed by atoms with Crippen molar-refractivity contribution in [2.24, 2.45) is 0 Å². The van der Waals surface area contributed by atoms with E-state index in [9.17, 15) is 10.2 Å². The number of aliphatic hydroxyl groups is 3. The van der Waals surface area contributed by atoms with Crippen molar-refractivity contribution in [2.75, 3.05) is 13.7 Å². The fourth-order valence-corrected chi connectivity index (χ4v) is 1.70. The number of ether oxygens (including phenoxy) is 2. The van der Waals surface area contributed by atoms with Crippen LogP contribution in [0.2, 0.25) is 0 Å². The molecule has 0 spiro atoms. The van der Waals surface area contributed by atoms with E-state index in [2.05, 4.69) is 0 Å². The van der Waals surface area contributed by atoms with E-state index in [0.717, 1.165) is 0 Å². The van der Waals surface area contributed by atoms with Gasteiger partial charge < -0.3 is 24.8 Å². The minimum Gasteiger partial charge on any atom is -0.393 e. The van der Waals surface area contributed by atoms with Crippen molar-refractivity contribution in [1.82, 2.24) is 0 Å². The maximum Gasteiger partial charge on any atom is 0.189 e. The van der Waals surface area contributed by atoms with E-state index in [1.54, 1.807) is 0 Å². The lowest BCUT2D eigenvalue weighted by Gasteiger charge is -2.39. The molecule has 0 radical (unpaired) electrons. The van der Waals surface area contributed by atoms with Crippen LogP contribution in [0.4, 0.5) is 0 Å². The van der Waals surface area contributed by atoms with E-state index >= 15 is 0 Å². The van der Waals surface area contributed by atoms with Gasteiger partial charge in [-0.2, -0.15) is 0 Å². The van der Waals surface area contributed by atoms with Crippen molar-refractivity contribution in [1.29, 1.82) is 0 Å². The first-order valence-electron chi connectivity index (χ1n) is 4.49. The molecule has 0 aromatic rings. The van der Waals surface area contributed by atoms with Gasteiger partial charge in [-0.15, -0.1) is 0 Å². The third kappa shape index (κ3) is 1.20. The highest BCUT2D eigenvalue weighted by molar-refractivity contribution is 5.13. The smallest absolute Gasteiger partial charge is 0.189 e. The summed E-state index contributed by atoms with van der Waals surface area (Å²) in [6, 6.07) is 0. The molecule has 3 N–H and O–H groups in total. The number of rotatable bonds is 2. The van der Waals surface area contributed by atoms with E-state index in [0.29, 0.717) is 0 Å². The number of methoxy groups -OCH3 is 1. The summed E-state index contributed by atoms with van der Waals surface area (Å²) in [4.78, 5) is 0. The predicted octanol–water partition coefficient (Wildman–Crippen LogP) is -0.758.